The van der Waals surface area contributed by atoms with Crippen LogP contribution in [0.3, 0.4) is 0 Å². The molecule has 20 heavy (non-hydrogen) atoms. The summed E-state index contributed by atoms with van der Waals surface area (Å²) in [6.45, 7) is 0.887. The van der Waals surface area contributed by atoms with Crippen molar-refractivity contribution < 1.29 is 13.2 Å². The summed E-state index contributed by atoms with van der Waals surface area (Å²) >= 11 is 0. The number of rotatable bonds is 6. The predicted octanol–water partition coefficient (Wildman–Crippen LogP) is 2.31. The van der Waals surface area contributed by atoms with Crippen molar-refractivity contribution in [2.24, 2.45) is 0 Å². The van der Waals surface area contributed by atoms with E-state index in [2.05, 4.69) is 5.32 Å². The monoisotopic (exact) mass is 297 g/mol. The lowest BCUT2D eigenvalue weighted by Crippen LogP contribution is -2.18. The van der Waals surface area contributed by atoms with Gasteiger partial charge in [0.2, 0.25) is 0 Å². The first-order valence-corrected chi connectivity index (χ1v) is 8.98. The smallest absolute Gasteiger partial charge is 0.175 e. The molecule has 4 nitrogen and oxygen atoms in total. The number of sulfone groups is 1. The zero-order valence-corrected chi connectivity index (χ0v) is 12.9. The van der Waals surface area contributed by atoms with Crippen LogP contribution in [-0.2, 0) is 14.6 Å². The van der Waals surface area contributed by atoms with Crippen LogP contribution in [-0.4, -0.2) is 34.4 Å². The Morgan fingerprint density at radius 2 is 2.05 bits per heavy atom. The molecule has 1 aromatic carbocycles. The fourth-order valence-corrected chi connectivity index (χ4v) is 3.28. The topological polar surface area (TPSA) is 55.4 Å². The summed E-state index contributed by atoms with van der Waals surface area (Å²) in [5.74, 6) is 0. The molecule has 1 aliphatic heterocycles. The van der Waals surface area contributed by atoms with Crippen LogP contribution in [0.4, 0.5) is 0 Å². The van der Waals surface area contributed by atoms with E-state index in [-0.39, 0.29) is 6.04 Å². The molecule has 1 N–H and O–H groups in total. The predicted molar refractivity (Wildman–Crippen MR) is 79.6 cm³/mol. The molecular formula is C15H23NO3S. The highest BCUT2D eigenvalue weighted by Gasteiger charge is 2.18. The van der Waals surface area contributed by atoms with Crippen molar-refractivity contribution in [3.63, 3.8) is 0 Å². The molecule has 2 rings (SSSR count). The number of hydrogen-bond donors (Lipinski definition) is 1. The van der Waals surface area contributed by atoms with Gasteiger partial charge >= 0.3 is 0 Å². The summed E-state index contributed by atoms with van der Waals surface area (Å²) in [6.07, 6.45) is 5.98. The first-order chi connectivity index (χ1) is 9.50. The summed E-state index contributed by atoms with van der Waals surface area (Å²) in [7, 11) is -1.18. The fourth-order valence-electron chi connectivity index (χ4n) is 2.65. The van der Waals surface area contributed by atoms with Crippen LogP contribution < -0.4 is 5.32 Å². The summed E-state index contributed by atoms with van der Waals surface area (Å²) in [6, 6.07) is 7.40. The van der Waals surface area contributed by atoms with Gasteiger partial charge < -0.3 is 10.1 Å². The fraction of sp³-hybridized carbons (Fsp3) is 0.600. The Morgan fingerprint density at radius 3 is 2.55 bits per heavy atom. The molecule has 0 aromatic heterocycles. The lowest BCUT2D eigenvalue weighted by molar-refractivity contribution is 0.0998. The van der Waals surface area contributed by atoms with Gasteiger partial charge in [-0.1, -0.05) is 12.1 Å². The third kappa shape index (κ3) is 4.04. The second kappa shape index (κ2) is 6.70. The first kappa shape index (κ1) is 15.5. The van der Waals surface area contributed by atoms with E-state index in [0.717, 1.165) is 37.9 Å². The third-order valence-electron chi connectivity index (χ3n) is 3.86. The molecule has 0 spiro atoms. The molecule has 112 valence electrons. The molecular weight excluding hydrogens is 274 g/mol. The minimum Gasteiger partial charge on any atom is -0.378 e. The lowest BCUT2D eigenvalue weighted by atomic mass is 9.99. The first-order valence-electron chi connectivity index (χ1n) is 7.09. The Kier molecular flexibility index (Phi) is 5.18. The minimum atomic E-state index is -3.12. The molecule has 1 aromatic rings. The Labute approximate surface area is 121 Å². The van der Waals surface area contributed by atoms with E-state index in [9.17, 15) is 8.42 Å². The molecule has 1 fully saturated rings. The van der Waals surface area contributed by atoms with Gasteiger partial charge in [-0.15, -0.1) is 0 Å². The number of ether oxygens (including phenoxy) is 1. The van der Waals surface area contributed by atoms with E-state index in [1.54, 1.807) is 12.1 Å². The number of benzene rings is 1. The molecule has 0 aliphatic carbocycles. The van der Waals surface area contributed by atoms with E-state index in [1.807, 2.05) is 19.2 Å². The standard InChI is InChI=1S/C15H23NO3S/c1-16-15(10-7-13-4-3-11-19-13)12-5-8-14(9-6-12)20(2,17)18/h5-6,8-9,13,15-16H,3-4,7,10-11H2,1-2H3. The third-order valence-corrected chi connectivity index (χ3v) is 4.99. The van der Waals surface area contributed by atoms with Crippen molar-refractivity contribution >= 4 is 9.84 Å². The minimum absolute atomic E-state index is 0.243. The summed E-state index contributed by atoms with van der Waals surface area (Å²) in [4.78, 5) is 0.371. The average molecular weight is 297 g/mol. The van der Waals surface area contributed by atoms with Crippen molar-refractivity contribution in [2.75, 3.05) is 19.9 Å². The maximum Gasteiger partial charge on any atom is 0.175 e. The van der Waals surface area contributed by atoms with E-state index < -0.39 is 9.84 Å². The summed E-state index contributed by atoms with van der Waals surface area (Å²) < 4.78 is 28.5. The van der Waals surface area contributed by atoms with Gasteiger partial charge in [0.15, 0.2) is 9.84 Å². The second-order valence-electron chi connectivity index (χ2n) is 5.39. The van der Waals surface area contributed by atoms with Gasteiger partial charge in [-0.25, -0.2) is 8.42 Å². The van der Waals surface area contributed by atoms with Crippen molar-refractivity contribution in [1.82, 2.24) is 5.32 Å². The van der Waals surface area contributed by atoms with E-state index >= 15 is 0 Å². The van der Waals surface area contributed by atoms with Crippen molar-refractivity contribution in [1.29, 1.82) is 0 Å². The van der Waals surface area contributed by atoms with Crippen molar-refractivity contribution in [3.8, 4) is 0 Å². The summed E-state index contributed by atoms with van der Waals surface area (Å²) in [5, 5.41) is 3.30. The molecule has 1 heterocycles. The van der Waals surface area contributed by atoms with Crippen LogP contribution in [0, 0.1) is 0 Å². The molecule has 0 amide bonds. The SMILES string of the molecule is CNC(CCC1CCCO1)c1ccc(S(C)(=O)=O)cc1. The molecule has 0 bridgehead atoms. The van der Waals surface area contributed by atoms with E-state index in [0.29, 0.717) is 11.0 Å². The van der Waals surface area contributed by atoms with Gasteiger partial charge in [0.1, 0.15) is 0 Å². The van der Waals surface area contributed by atoms with Gasteiger partial charge in [-0.05, 0) is 50.4 Å². The van der Waals surface area contributed by atoms with Gasteiger partial charge in [0.05, 0.1) is 11.0 Å². The maximum atomic E-state index is 11.5. The molecule has 1 aliphatic rings. The van der Waals surface area contributed by atoms with Crippen LogP contribution in [0.5, 0.6) is 0 Å². The highest BCUT2D eigenvalue weighted by molar-refractivity contribution is 7.90. The van der Waals surface area contributed by atoms with Gasteiger partial charge in [-0.2, -0.15) is 0 Å². The molecule has 0 saturated carbocycles. The number of nitrogens with one attached hydrogen (secondary N) is 1. The highest BCUT2D eigenvalue weighted by atomic mass is 32.2. The summed E-state index contributed by atoms with van der Waals surface area (Å²) in [5.41, 5.74) is 1.12. The lowest BCUT2D eigenvalue weighted by Gasteiger charge is -2.19. The Morgan fingerprint density at radius 1 is 1.35 bits per heavy atom. The Bertz CT molecular complexity index is 519. The Hall–Kier alpha value is -0.910. The van der Waals surface area contributed by atoms with Crippen LogP contribution in [0.25, 0.3) is 0 Å². The normalized spacial score (nSPS) is 21.0. The maximum absolute atomic E-state index is 11.5. The molecule has 5 heteroatoms. The molecule has 2 unspecified atom stereocenters. The van der Waals surface area contributed by atoms with Gasteiger partial charge in [-0.3, -0.25) is 0 Å². The molecule has 2 atom stereocenters. The second-order valence-corrected chi connectivity index (χ2v) is 7.41. The molecule has 0 radical (unpaired) electrons. The van der Waals surface area contributed by atoms with Crippen molar-refractivity contribution in [2.45, 2.75) is 42.7 Å². The van der Waals surface area contributed by atoms with Crippen LogP contribution in [0.15, 0.2) is 29.2 Å². The van der Waals surface area contributed by atoms with Gasteiger partial charge in [0, 0.05) is 18.9 Å². The largest absolute Gasteiger partial charge is 0.378 e. The van der Waals surface area contributed by atoms with Gasteiger partial charge in [0.25, 0.3) is 0 Å². The quantitative estimate of drug-likeness (QED) is 0.875. The van der Waals surface area contributed by atoms with Crippen LogP contribution in [0.2, 0.25) is 0 Å². The average Bonchev–Trinajstić information content (AvgIpc) is 2.92. The van der Waals surface area contributed by atoms with Crippen LogP contribution in [0.1, 0.15) is 37.3 Å². The van der Waals surface area contributed by atoms with Crippen molar-refractivity contribution in [3.05, 3.63) is 29.8 Å². The zero-order valence-electron chi connectivity index (χ0n) is 12.1. The number of hydrogen-bond acceptors (Lipinski definition) is 4. The van der Waals surface area contributed by atoms with Crippen LogP contribution >= 0.6 is 0 Å². The van der Waals surface area contributed by atoms with E-state index in [1.165, 1.54) is 6.26 Å². The van der Waals surface area contributed by atoms with E-state index in [4.69, 9.17) is 4.74 Å². The molecule has 1 saturated heterocycles. The Balaban J connectivity index is 1.99. The zero-order chi connectivity index (χ0) is 14.6. The highest BCUT2D eigenvalue weighted by Crippen LogP contribution is 2.24.